The Hall–Kier alpha value is -2.27. The van der Waals surface area contributed by atoms with Crippen LogP contribution in [-0.4, -0.2) is 19.7 Å². The highest BCUT2D eigenvalue weighted by Gasteiger charge is 2.48. The zero-order valence-corrected chi connectivity index (χ0v) is 17.5. The molecule has 0 bridgehead atoms. The van der Waals surface area contributed by atoms with Crippen LogP contribution in [0.5, 0.6) is 0 Å². The summed E-state index contributed by atoms with van der Waals surface area (Å²) in [7, 11) is 1.06. The van der Waals surface area contributed by atoms with Crippen LogP contribution >= 0.6 is 0 Å². The van der Waals surface area contributed by atoms with E-state index in [9.17, 15) is 39.5 Å². The maximum atomic E-state index is 13.5. The summed E-state index contributed by atoms with van der Waals surface area (Å²) < 4.78 is 127. The van der Waals surface area contributed by atoms with Gasteiger partial charge in [-0.15, -0.1) is 0 Å². The lowest BCUT2D eigenvalue weighted by atomic mass is 9.77. The van der Waals surface area contributed by atoms with Crippen molar-refractivity contribution in [2.45, 2.75) is 49.9 Å². The van der Waals surface area contributed by atoms with Crippen molar-refractivity contribution >= 4 is 0 Å². The highest BCUT2D eigenvalue weighted by molar-refractivity contribution is 5.47. The molecule has 3 rings (SSSR count). The SMILES string of the molecule is COC(c1cc(C)cc(C(F)(F)F)c1)(c1cc(C(F)(F)F)cc(C(F)(F)F)c1)[C@H]1CCCN1. The van der Waals surface area contributed by atoms with Crippen molar-refractivity contribution in [2.75, 3.05) is 13.7 Å². The molecule has 2 nitrogen and oxygen atoms in total. The van der Waals surface area contributed by atoms with Crippen molar-refractivity contribution < 1.29 is 44.3 Å². The van der Waals surface area contributed by atoms with E-state index in [4.69, 9.17) is 4.74 Å². The molecule has 1 fully saturated rings. The Morgan fingerprint density at radius 2 is 1.09 bits per heavy atom. The normalized spacial score (nSPS) is 19.5. The molecule has 0 saturated carbocycles. The van der Waals surface area contributed by atoms with Crippen LogP contribution in [0, 0.1) is 6.92 Å². The molecule has 0 spiro atoms. The Morgan fingerprint density at radius 1 is 0.697 bits per heavy atom. The highest BCUT2D eigenvalue weighted by Crippen LogP contribution is 2.46. The molecule has 33 heavy (non-hydrogen) atoms. The van der Waals surface area contributed by atoms with Crippen LogP contribution < -0.4 is 5.32 Å². The van der Waals surface area contributed by atoms with Gasteiger partial charge in [0.05, 0.1) is 16.7 Å². The first-order valence-corrected chi connectivity index (χ1v) is 9.87. The van der Waals surface area contributed by atoms with Gasteiger partial charge in [-0.1, -0.05) is 11.6 Å². The molecule has 2 aromatic carbocycles. The number of methoxy groups -OCH3 is 1. The molecule has 1 unspecified atom stereocenters. The van der Waals surface area contributed by atoms with E-state index in [1.165, 1.54) is 13.0 Å². The largest absolute Gasteiger partial charge is 0.416 e. The number of halogens is 9. The lowest BCUT2D eigenvalue weighted by Crippen LogP contribution is -2.48. The number of aryl methyl sites for hydroxylation is 1. The van der Waals surface area contributed by atoms with Crippen LogP contribution in [0.1, 0.15) is 46.2 Å². The zero-order chi connectivity index (χ0) is 24.8. The second kappa shape index (κ2) is 8.50. The molecule has 2 atom stereocenters. The molecule has 0 aliphatic carbocycles. The Bertz CT molecular complexity index is 972. The number of ether oxygens (including phenoxy) is 1. The van der Waals surface area contributed by atoms with Crippen LogP contribution in [0.2, 0.25) is 0 Å². The monoisotopic (exact) mass is 485 g/mol. The third-order valence-electron chi connectivity index (χ3n) is 5.72. The minimum absolute atomic E-state index is 0.0244. The standard InChI is InChI=1S/C22H20F9NO/c1-12-6-13(8-15(7-12)20(23,24)25)19(33-2,18-4-3-5-32-18)14-9-16(21(26,27)28)11-17(10-14)22(29,30)31/h6-11,18,32H,3-5H2,1-2H3/t18-,19?/m1/s1. The fourth-order valence-corrected chi connectivity index (χ4v) is 4.31. The summed E-state index contributed by atoms with van der Waals surface area (Å²) in [6, 6.07) is 2.97. The van der Waals surface area contributed by atoms with E-state index < -0.39 is 52.4 Å². The molecule has 1 heterocycles. The number of nitrogens with one attached hydrogen (secondary N) is 1. The molecule has 2 aromatic rings. The molecule has 1 saturated heterocycles. The van der Waals surface area contributed by atoms with E-state index in [2.05, 4.69) is 5.32 Å². The third-order valence-corrected chi connectivity index (χ3v) is 5.72. The average molecular weight is 485 g/mol. The maximum absolute atomic E-state index is 13.5. The summed E-state index contributed by atoms with van der Waals surface area (Å²) in [4.78, 5) is 0. The van der Waals surface area contributed by atoms with E-state index in [1.807, 2.05) is 0 Å². The summed E-state index contributed by atoms with van der Waals surface area (Å²) in [6.07, 6.45) is -14.3. The molecular weight excluding hydrogens is 465 g/mol. The Balaban J connectivity index is 2.39. The van der Waals surface area contributed by atoms with E-state index in [0.717, 1.165) is 13.2 Å². The summed E-state index contributed by atoms with van der Waals surface area (Å²) in [5.74, 6) is 0. The van der Waals surface area contributed by atoms with Crippen molar-refractivity contribution in [1.82, 2.24) is 5.32 Å². The molecule has 0 aromatic heterocycles. The number of hydrogen-bond acceptors (Lipinski definition) is 2. The van der Waals surface area contributed by atoms with Crippen molar-refractivity contribution in [3.63, 3.8) is 0 Å². The second-order valence-electron chi connectivity index (χ2n) is 7.97. The zero-order valence-electron chi connectivity index (χ0n) is 17.5. The van der Waals surface area contributed by atoms with Gasteiger partial charge in [0.25, 0.3) is 0 Å². The molecule has 1 aliphatic rings. The summed E-state index contributed by atoms with van der Waals surface area (Å²) in [5, 5.41) is 2.97. The molecule has 11 heteroatoms. The predicted octanol–water partition coefficient (Wildman–Crippen LogP) is 6.69. The van der Waals surface area contributed by atoms with Crippen LogP contribution in [0.3, 0.4) is 0 Å². The number of benzene rings is 2. The second-order valence-corrected chi connectivity index (χ2v) is 7.97. The Kier molecular flexibility index (Phi) is 6.53. The Labute approximate surface area is 183 Å². The van der Waals surface area contributed by atoms with Crippen molar-refractivity contribution in [3.8, 4) is 0 Å². The van der Waals surface area contributed by atoms with Gasteiger partial charge in [-0.2, -0.15) is 39.5 Å². The molecule has 182 valence electrons. The first-order valence-electron chi connectivity index (χ1n) is 9.87. The van der Waals surface area contributed by atoms with E-state index in [-0.39, 0.29) is 23.6 Å². The van der Waals surface area contributed by atoms with Crippen LogP contribution in [0.15, 0.2) is 36.4 Å². The van der Waals surface area contributed by atoms with E-state index in [1.54, 1.807) is 0 Å². The summed E-state index contributed by atoms with van der Waals surface area (Å²) >= 11 is 0. The van der Waals surface area contributed by atoms with Gasteiger partial charge in [-0.05, 0) is 67.8 Å². The van der Waals surface area contributed by atoms with Crippen molar-refractivity contribution in [1.29, 1.82) is 0 Å². The lowest BCUT2D eigenvalue weighted by molar-refractivity contribution is -0.143. The molecule has 1 N–H and O–H groups in total. The van der Waals surface area contributed by atoms with Crippen LogP contribution in [0.25, 0.3) is 0 Å². The van der Waals surface area contributed by atoms with Gasteiger partial charge in [-0.25, -0.2) is 0 Å². The van der Waals surface area contributed by atoms with Gasteiger partial charge in [0.1, 0.15) is 5.60 Å². The first-order chi connectivity index (χ1) is 15.1. The van der Waals surface area contributed by atoms with E-state index in [0.29, 0.717) is 31.2 Å². The van der Waals surface area contributed by atoms with E-state index >= 15 is 0 Å². The summed E-state index contributed by atoms with van der Waals surface area (Å²) in [6.45, 7) is 1.73. The fourth-order valence-electron chi connectivity index (χ4n) is 4.31. The minimum Gasteiger partial charge on any atom is -0.367 e. The van der Waals surface area contributed by atoms with Crippen molar-refractivity contribution in [3.05, 3.63) is 69.8 Å². The topological polar surface area (TPSA) is 21.3 Å². The van der Waals surface area contributed by atoms with Gasteiger partial charge < -0.3 is 10.1 Å². The number of rotatable bonds is 4. The van der Waals surface area contributed by atoms with Gasteiger partial charge in [0, 0.05) is 13.2 Å². The predicted molar refractivity (Wildman–Crippen MR) is 101 cm³/mol. The van der Waals surface area contributed by atoms with Gasteiger partial charge in [-0.3, -0.25) is 0 Å². The van der Waals surface area contributed by atoms with Crippen molar-refractivity contribution in [2.24, 2.45) is 0 Å². The highest BCUT2D eigenvalue weighted by atomic mass is 19.4. The van der Waals surface area contributed by atoms with Crippen LogP contribution in [-0.2, 0) is 28.9 Å². The third kappa shape index (κ3) is 4.98. The van der Waals surface area contributed by atoms with Crippen LogP contribution in [0.4, 0.5) is 39.5 Å². The molecule has 0 amide bonds. The van der Waals surface area contributed by atoms with Gasteiger partial charge in [0.15, 0.2) is 0 Å². The Morgan fingerprint density at radius 3 is 1.48 bits per heavy atom. The number of hydrogen-bond donors (Lipinski definition) is 1. The smallest absolute Gasteiger partial charge is 0.367 e. The quantitative estimate of drug-likeness (QED) is 0.487. The maximum Gasteiger partial charge on any atom is 0.416 e. The molecule has 1 aliphatic heterocycles. The first kappa shape index (κ1) is 25.4. The minimum atomic E-state index is -5.12. The summed E-state index contributed by atoms with van der Waals surface area (Å²) in [5.41, 5.74) is -6.87. The van der Waals surface area contributed by atoms with Gasteiger partial charge >= 0.3 is 18.5 Å². The molecule has 0 radical (unpaired) electrons. The van der Waals surface area contributed by atoms with Gasteiger partial charge in [0.2, 0.25) is 0 Å². The lowest BCUT2D eigenvalue weighted by Gasteiger charge is -2.40. The average Bonchev–Trinajstić information content (AvgIpc) is 3.21. The molecular formula is C22H20F9NO. The number of alkyl halides is 9. The fraction of sp³-hybridized carbons (Fsp3) is 0.455.